The van der Waals surface area contributed by atoms with E-state index in [0.717, 1.165) is 47.1 Å². The molecule has 3 aromatic carbocycles. The van der Waals surface area contributed by atoms with Gasteiger partial charge in [0.2, 0.25) is 0 Å². The molecule has 4 aromatic rings. The topological polar surface area (TPSA) is 67.2 Å². The van der Waals surface area contributed by atoms with Gasteiger partial charge >= 0.3 is 0 Å². The summed E-state index contributed by atoms with van der Waals surface area (Å²) in [5.41, 5.74) is 6.25. The second-order valence-corrected chi connectivity index (χ2v) is 10.3. The summed E-state index contributed by atoms with van der Waals surface area (Å²) < 4.78 is 1.63. The van der Waals surface area contributed by atoms with Crippen molar-refractivity contribution >= 4 is 28.6 Å². The smallest absolute Gasteiger partial charge is 0.187 e. The van der Waals surface area contributed by atoms with Crippen LogP contribution >= 0.6 is 0 Å². The van der Waals surface area contributed by atoms with Gasteiger partial charge in [0.15, 0.2) is 11.6 Å². The van der Waals surface area contributed by atoms with E-state index in [-0.39, 0.29) is 11.6 Å². The number of aryl methyl sites for hydroxylation is 1. The molecule has 5 rings (SSSR count). The molecule has 6 nitrogen and oxygen atoms in total. The Kier molecular flexibility index (Phi) is 7.68. The highest BCUT2D eigenvalue weighted by molar-refractivity contribution is 5.98. The van der Waals surface area contributed by atoms with Gasteiger partial charge in [0.25, 0.3) is 0 Å². The number of nitrogens with zero attached hydrogens (tertiary/aromatic N) is 3. The van der Waals surface area contributed by atoms with Gasteiger partial charge in [-0.2, -0.15) is 5.10 Å². The van der Waals surface area contributed by atoms with Gasteiger partial charge in [-0.1, -0.05) is 31.2 Å². The highest BCUT2D eigenvalue weighted by Gasteiger charge is 2.16. The number of carbonyl (C=O) groups is 2. The molecule has 0 amide bonds. The van der Waals surface area contributed by atoms with Crippen molar-refractivity contribution < 1.29 is 9.59 Å². The highest BCUT2D eigenvalue weighted by Crippen LogP contribution is 2.24. The first-order valence-corrected chi connectivity index (χ1v) is 13.3. The van der Waals surface area contributed by atoms with Crippen LogP contribution in [0, 0.1) is 5.92 Å². The number of piperidine rings is 1. The van der Waals surface area contributed by atoms with Crippen molar-refractivity contribution in [3.05, 3.63) is 107 Å². The first-order valence-electron chi connectivity index (χ1n) is 13.3. The summed E-state index contributed by atoms with van der Waals surface area (Å²) in [6.07, 6.45) is 4.92. The van der Waals surface area contributed by atoms with Crippen LogP contribution in [-0.4, -0.2) is 34.4 Å². The van der Waals surface area contributed by atoms with Crippen molar-refractivity contribution in [1.29, 1.82) is 0 Å². The van der Waals surface area contributed by atoms with Gasteiger partial charge in [-0.3, -0.25) is 14.3 Å². The van der Waals surface area contributed by atoms with E-state index in [1.807, 2.05) is 60.7 Å². The zero-order chi connectivity index (χ0) is 26.5. The molecule has 1 fully saturated rings. The largest absolute Gasteiger partial charge is 0.372 e. The molecule has 6 heteroatoms. The van der Waals surface area contributed by atoms with Gasteiger partial charge in [0, 0.05) is 61.8 Å². The first kappa shape index (κ1) is 25.5. The average molecular weight is 507 g/mol. The van der Waals surface area contributed by atoms with Crippen LogP contribution in [0.1, 0.15) is 51.7 Å². The molecule has 1 aromatic heterocycles. The molecular weight excluding hydrogens is 472 g/mol. The van der Waals surface area contributed by atoms with Crippen molar-refractivity contribution in [1.82, 2.24) is 9.78 Å². The fraction of sp³-hybridized carbons (Fsp3) is 0.281. The molecule has 0 unspecified atom stereocenters. The lowest BCUT2D eigenvalue weighted by Gasteiger charge is -2.32. The van der Waals surface area contributed by atoms with Crippen molar-refractivity contribution in [2.45, 2.75) is 32.6 Å². The lowest BCUT2D eigenvalue weighted by Crippen LogP contribution is -2.32. The minimum absolute atomic E-state index is 0.00375. The Morgan fingerprint density at radius 1 is 0.789 bits per heavy atom. The Bertz CT molecular complexity index is 1380. The third-order valence-electron chi connectivity index (χ3n) is 7.26. The molecule has 2 heterocycles. The molecule has 1 aliphatic heterocycles. The summed E-state index contributed by atoms with van der Waals surface area (Å²) in [6, 6.07) is 25.6. The number of rotatable bonds is 9. The Morgan fingerprint density at radius 2 is 1.34 bits per heavy atom. The second kappa shape index (κ2) is 11.5. The number of benzene rings is 3. The molecule has 1 N–H and O–H groups in total. The van der Waals surface area contributed by atoms with E-state index in [9.17, 15) is 9.59 Å². The normalized spacial score (nSPS) is 13.9. The molecule has 0 atom stereocenters. The molecule has 0 radical (unpaired) electrons. The SMILES string of the molecule is CC1CCN(c2ccc(C(=O)Cc3ccc(Nc4ccc(CC(=O)c5ccn(C)n5)cc4)cc3)cc2)CC1. The van der Waals surface area contributed by atoms with E-state index in [4.69, 9.17) is 0 Å². The van der Waals surface area contributed by atoms with Gasteiger partial charge in [0.1, 0.15) is 5.69 Å². The number of hydrogen-bond acceptors (Lipinski definition) is 5. The number of ketones is 2. The minimum Gasteiger partial charge on any atom is -0.372 e. The van der Waals surface area contributed by atoms with Crippen molar-refractivity contribution in [3.63, 3.8) is 0 Å². The number of aromatic nitrogens is 2. The highest BCUT2D eigenvalue weighted by atomic mass is 16.1. The lowest BCUT2D eigenvalue weighted by atomic mass is 9.98. The summed E-state index contributed by atoms with van der Waals surface area (Å²) in [5.74, 6) is 0.929. The maximum Gasteiger partial charge on any atom is 0.187 e. The van der Waals surface area contributed by atoms with Gasteiger partial charge in [0.05, 0.1) is 0 Å². The molecule has 0 saturated carbocycles. The third kappa shape index (κ3) is 6.38. The van der Waals surface area contributed by atoms with E-state index in [1.165, 1.54) is 18.5 Å². The maximum absolute atomic E-state index is 12.9. The molecule has 38 heavy (non-hydrogen) atoms. The standard InChI is InChI=1S/C32H34N4O2/c1-23-15-19-36(20-16-23)29-13-7-26(8-14-29)31(37)21-24-3-9-27(10-4-24)33-28-11-5-25(6-12-28)22-32(38)30-17-18-35(2)34-30/h3-14,17-18,23,33H,15-16,19-22H2,1-2H3. The number of hydrogen-bond donors (Lipinski definition) is 1. The second-order valence-electron chi connectivity index (χ2n) is 10.3. The van der Waals surface area contributed by atoms with E-state index in [1.54, 1.807) is 24.0 Å². The van der Waals surface area contributed by atoms with Crippen LogP contribution in [0.25, 0.3) is 0 Å². The summed E-state index contributed by atoms with van der Waals surface area (Å²) in [5, 5.41) is 7.56. The third-order valence-corrected chi connectivity index (χ3v) is 7.26. The summed E-state index contributed by atoms with van der Waals surface area (Å²) in [7, 11) is 1.80. The van der Waals surface area contributed by atoms with E-state index in [0.29, 0.717) is 18.5 Å². The minimum atomic E-state index is 0.00375. The van der Waals surface area contributed by atoms with Crippen LogP contribution in [-0.2, 0) is 19.9 Å². The average Bonchev–Trinajstić information content (AvgIpc) is 3.38. The van der Waals surface area contributed by atoms with Gasteiger partial charge in [-0.25, -0.2) is 0 Å². The Morgan fingerprint density at radius 3 is 1.87 bits per heavy atom. The van der Waals surface area contributed by atoms with Crippen molar-refractivity contribution in [2.75, 3.05) is 23.3 Å². The molecular formula is C32H34N4O2. The lowest BCUT2D eigenvalue weighted by molar-refractivity contribution is 0.0981. The Hall–Kier alpha value is -4.19. The zero-order valence-corrected chi connectivity index (χ0v) is 22.1. The van der Waals surface area contributed by atoms with Crippen LogP contribution < -0.4 is 10.2 Å². The molecule has 1 saturated heterocycles. The summed E-state index contributed by atoms with van der Waals surface area (Å²) in [4.78, 5) is 27.6. The van der Waals surface area contributed by atoms with E-state index in [2.05, 4.69) is 34.4 Å². The van der Waals surface area contributed by atoms with Crippen LogP contribution in [0.2, 0.25) is 0 Å². The fourth-order valence-corrected chi connectivity index (χ4v) is 4.83. The van der Waals surface area contributed by atoms with Gasteiger partial charge in [-0.15, -0.1) is 0 Å². The molecule has 1 aliphatic rings. The Balaban J connectivity index is 1.13. The molecule has 0 spiro atoms. The fourth-order valence-electron chi connectivity index (χ4n) is 4.83. The summed E-state index contributed by atoms with van der Waals surface area (Å²) >= 11 is 0. The van der Waals surface area contributed by atoms with Gasteiger partial charge in [-0.05, 0) is 84.5 Å². The monoisotopic (exact) mass is 506 g/mol. The zero-order valence-electron chi connectivity index (χ0n) is 22.1. The molecule has 194 valence electrons. The predicted molar refractivity (Wildman–Crippen MR) is 152 cm³/mol. The van der Waals surface area contributed by atoms with Crippen molar-refractivity contribution in [3.8, 4) is 0 Å². The Labute approximate surface area is 224 Å². The predicted octanol–water partition coefficient (Wildman–Crippen LogP) is 6.25. The van der Waals surface area contributed by atoms with Crippen molar-refractivity contribution in [2.24, 2.45) is 13.0 Å². The van der Waals surface area contributed by atoms with Gasteiger partial charge < -0.3 is 10.2 Å². The van der Waals surface area contributed by atoms with Crippen LogP contribution in [0.4, 0.5) is 17.1 Å². The van der Waals surface area contributed by atoms with E-state index >= 15 is 0 Å². The van der Waals surface area contributed by atoms with Crippen LogP contribution in [0.15, 0.2) is 85.1 Å². The first-order chi connectivity index (χ1) is 18.4. The number of carbonyl (C=O) groups excluding carboxylic acids is 2. The molecule has 0 aliphatic carbocycles. The van der Waals surface area contributed by atoms with E-state index < -0.39 is 0 Å². The van der Waals surface area contributed by atoms with Crippen LogP contribution in [0.5, 0.6) is 0 Å². The van der Waals surface area contributed by atoms with Crippen LogP contribution in [0.3, 0.4) is 0 Å². The number of anilines is 3. The quantitative estimate of drug-likeness (QED) is 0.272. The summed E-state index contributed by atoms with van der Waals surface area (Å²) in [6.45, 7) is 4.49. The maximum atomic E-state index is 12.9. The number of Topliss-reactive ketones (excluding diaryl/α,β-unsaturated/α-hetero) is 2. The number of nitrogens with one attached hydrogen (secondary N) is 1. The molecule has 0 bridgehead atoms.